The largest absolute Gasteiger partial charge is 0.486 e. The molecule has 2 rings (SSSR count). The van der Waals surface area contributed by atoms with Gasteiger partial charge in [-0.1, -0.05) is 31.5 Å². The lowest BCUT2D eigenvalue weighted by Gasteiger charge is -2.25. The van der Waals surface area contributed by atoms with Crippen molar-refractivity contribution in [1.29, 1.82) is 0 Å². The van der Waals surface area contributed by atoms with Gasteiger partial charge in [-0.3, -0.25) is 14.6 Å². The number of halogens is 3. The monoisotopic (exact) mass is 439 g/mol. The number of hydrogen-bond acceptors (Lipinski definition) is 4. The number of carbonyl (C=O) groups is 2. The molecule has 30 heavy (non-hydrogen) atoms. The first-order valence-corrected chi connectivity index (χ1v) is 9.82. The number of aromatic nitrogens is 1. The zero-order valence-corrected chi connectivity index (χ0v) is 17.5. The van der Waals surface area contributed by atoms with Gasteiger partial charge in [-0.05, 0) is 29.8 Å². The third-order valence-electron chi connectivity index (χ3n) is 4.13. The molecule has 0 aliphatic carbocycles. The summed E-state index contributed by atoms with van der Waals surface area (Å²) in [4.78, 5) is 30.2. The lowest BCUT2D eigenvalue weighted by atomic mass is 10.1. The van der Waals surface area contributed by atoms with E-state index in [0.717, 1.165) is 5.56 Å². The van der Waals surface area contributed by atoms with Crippen LogP contribution in [0.3, 0.4) is 0 Å². The molecule has 0 saturated heterocycles. The summed E-state index contributed by atoms with van der Waals surface area (Å²) in [6.45, 7) is 3.65. The number of hydrogen-bond donors (Lipinski definition) is 1. The topological polar surface area (TPSA) is 71.5 Å². The van der Waals surface area contributed by atoms with Crippen LogP contribution in [0.1, 0.15) is 29.8 Å². The lowest BCUT2D eigenvalue weighted by Crippen LogP contribution is -2.40. The number of nitrogens with one attached hydrogen (secondary N) is 1. The number of benzene rings is 1. The molecule has 0 fully saturated rings. The maximum Gasteiger partial charge on any atom is 0.272 e. The Morgan fingerprint density at radius 2 is 2.03 bits per heavy atom. The Hall–Kier alpha value is -2.74. The van der Waals surface area contributed by atoms with Crippen LogP contribution in [0.2, 0.25) is 5.02 Å². The van der Waals surface area contributed by atoms with Gasteiger partial charge in [0.1, 0.15) is 12.4 Å². The van der Waals surface area contributed by atoms with E-state index in [2.05, 4.69) is 10.3 Å². The number of alkyl halides is 2. The molecule has 0 radical (unpaired) electrons. The molecule has 0 aliphatic heterocycles. The van der Waals surface area contributed by atoms with Crippen molar-refractivity contribution >= 4 is 23.4 Å². The van der Waals surface area contributed by atoms with E-state index >= 15 is 0 Å². The minimum Gasteiger partial charge on any atom is -0.486 e. The minimum atomic E-state index is -2.60. The highest BCUT2D eigenvalue weighted by Crippen LogP contribution is 2.26. The Kier molecular flexibility index (Phi) is 8.98. The van der Waals surface area contributed by atoms with Gasteiger partial charge in [-0.2, -0.15) is 0 Å². The first kappa shape index (κ1) is 23.5. The predicted molar refractivity (Wildman–Crippen MR) is 110 cm³/mol. The average Bonchev–Trinajstić information content (AvgIpc) is 2.72. The van der Waals surface area contributed by atoms with E-state index in [9.17, 15) is 18.4 Å². The van der Waals surface area contributed by atoms with Gasteiger partial charge >= 0.3 is 0 Å². The zero-order valence-electron chi connectivity index (χ0n) is 16.8. The Morgan fingerprint density at radius 1 is 1.27 bits per heavy atom. The molecule has 2 aromatic rings. The maximum atomic E-state index is 12.6. The van der Waals surface area contributed by atoms with E-state index in [-0.39, 0.29) is 41.6 Å². The Balaban J connectivity index is 2.00. The summed E-state index contributed by atoms with van der Waals surface area (Å²) in [5, 5.41) is 2.96. The number of carbonyl (C=O) groups excluding carboxylic acids is 2. The molecule has 1 heterocycles. The number of rotatable bonds is 10. The van der Waals surface area contributed by atoms with Crippen molar-refractivity contribution in [3.05, 3.63) is 58.9 Å². The van der Waals surface area contributed by atoms with Crippen molar-refractivity contribution in [2.24, 2.45) is 5.92 Å². The molecule has 1 aromatic heterocycles. The molecule has 0 unspecified atom stereocenters. The molecular weight excluding hydrogens is 416 g/mol. The van der Waals surface area contributed by atoms with E-state index in [4.69, 9.17) is 16.3 Å². The van der Waals surface area contributed by atoms with Crippen LogP contribution in [0.15, 0.2) is 42.7 Å². The number of nitrogens with zero attached hydrogens (tertiary/aromatic N) is 2. The van der Waals surface area contributed by atoms with Gasteiger partial charge < -0.3 is 15.0 Å². The Morgan fingerprint density at radius 3 is 2.63 bits per heavy atom. The molecular formula is C21H24ClF2N3O3. The molecule has 0 aliphatic rings. The lowest BCUT2D eigenvalue weighted by molar-refractivity contribution is -0.135. The maximum absolute atomic E-state index is 12.6. The molecule has 1 N–H and O–H groups in total. The third-order valence-corrected chi connectivity index (χ3v) is 4.43. The molecule has 6 nitrogen and oxygen atoms in total. The smallest absolute Gasteiger partial charge is 0.272 e. The van der Waals surface area contributed by atoms with Crippen LogP contribution in [0.25, 0.3) is 0 Å². The highest BCUT2D eigenvalue weighted by atomic mass is 35.5. The van der Waals surface area contributed by atoms with E-state index < -0.39 is 13.0 Å². The number of amides is 2. The highest BCUT2D eigenvalue weighted by molar-refractivity contribution is 6.32. The van der Waals surface area contributed by atoms with Gasteiger partial charge in [0.25, 0.3) is 12.3 Å². The Labute approximate surface area is 179 Å². The summed E-state index contributed by atoms with van der Waals surface area (Å²) in [6, 6.07) is 8.07. The van der Waals surface area contributed by atoms with Gasteiger partial charge in [0, 0.05) is 37.9 Å². The fourth-order valence-corrected chi connectivity index (χ4v) is 2.93. The van der Waals surface area contributed by atoms with Gasteiger partial charge in [0.05, 0.1) is 10.6 Å². The van der Waals surface area contributed by atoms with Crippen LogP contribution in [0.5, 0.6) is 5.75 Å². The van der Waals surface area contributed by atoms with Gasteiger partial charge in [-0.25, -0.2) is 8.78 Å². The van der Waals surface area contributed by atoms with Gasteiger partial charge in [0.15, 0.2) is 0 Å². The molecule has 0 spiro atoms. The number of ether oxygens (including phenoxy) is 1. The zero-order chi connectivity index (χ0) is 22.1. The van der Waals surface area contributed by atoms with Crippen molar-refractivity contribution in [2.75, 3.05) is 19.7 Å². The van der Waals surface area contributed by atoms with E-state index in [1.807, 2.05) is 0 Å². The molecule has 0 atom stereocenters. The second-order valence-electron chi connectivity index (χ2n) is 6.88. The summed E-state index contributed by atoms with van der Waals surface area (Å²) in [5.74, 6) is -0.433. The fraction of sp³-hybridized carbons (Fsp3) is 0.381. The van der Waals surface area contributed by atoms with Crippen LogP contribution >= 0.6 is 11.6 Å². The van der Waals surface area contributed by atoms with Crippen LogP contribution in [-0.2, 0) is 11.3 Å². The first-order chi connectivity index (χ1) is 14.3. The second kappa shape index (κ2) is 11.4. The first-order valence-electron chi connectivity index (χ1n) is 9.44. The van der Waals surface area contributed by atoms with Crippen molar-refractivity contribution in [3.8, 4) is 5.75 Å². The molecule has 162 valence electrons. The molecule has 9 heteroatoms. The van der Waals surface area contributed by atoms with Crippen LogP contribution in [0, 0.1) is 5.92 Å². The summed E-state index contributed by atoms with van der Waals surface area (Å²) in [6.07, 6.45) is 0.447. The minimum absolute atomic E-state index is 0.0835. The highest BCUT2D eigenvalue weighted by Gasteiger charge is 2.18. The molecule has 2 amide bonds. The Bertz CT molecular complexity index is 851. The SMILES string of the molecule is CC(C)C(=O)N(CCNC(=O)c1cccnc1)Cc1ccc(OCC(F)F)c(Cl)c1. The third kappa shape index (κ3) is 7.26. The van der Waals surface area contributed by atoms with E-state index in [0.29, 0.717) is 12.1 Å². The number of pyridine rings is 1. The van der Waals surface area contributed by atoms with Crippen molar-refractivity contribution in [3.63, 3.8) is 0 Å². The predicted octanol–water partition coefficient (Wildman–Crippen LogP) is 3.79. The van der Waals surface area contributed by atoms with Crippen molar-refractivity contribution < 1.29 is 23.1 Å². The van der Waals surface area contributed by atoms with Gasteiger partial charge in [-0.15, -0.1) is 0 Å². The van der Waals surface area contributed by atoms with Gasteiger partial charge in [0.2, 0.25) is 5.91 Å². The summed E-state index contributed by atoms with van der Waals surface area (Å²) in [5.41, 5.74) is 1.15. The van der Waals surface area contributed by atoms with Crippen LogP contribution < -0.4 is 10.1 Å². The van der Waals surface area contributed by atoms with E-state index in [1.54, 1.807) is 49.2 Å². The van der Waals surface area contributed by atoms with Crippen molar-refractivity contribution in [1.82, 2.24) is 15.2 Å². The summed E-state index contributed by atoms with van der Waals surface area (Å²) < 4.78 is 29.6. The standard InChI is InChI=1S/C21H24ClF2N3O3/c1-14(2)21(29)27(9-8-26-20(28)16-4-3-7-25-11-16)12-15-5-6-18(17(22)10-15)30-13-19(23)24/h3-7,10-11,14,19H,8-9,12-13H2,1-2H3,(H,26,28). The van der Waals surface area contributed by atoms with E-state index in [1.165, 1.54) is 12.3 Å². The van der Waals surface area contributed by atoms with Crippen LogP contribution in [-0.4, -0.2) is 47.8 Å². The molecule has 0 bridgehead atoms. The molecule has 0 saturated carbocycles. The summed E-state index contributed by atoms with van der Waals surface area (Å²) in [7, 11) is 0. The molecule has 1 aromatic carbocycles. The summed E-state index contributed by atoms with van der Waals surface area (Å²) >= 11 is 6.12. The average molecular weight is 440 g/mol. The quantitative estimate of drug-likeness (QED) is 0.611. The fourth-order valence-electron chi connectivity index (χ4n) is 2.67. The van der Waals surface area contributed by atoms with Crippen LogP contribution in [0.4, 0.5) is 8.78 Å². The second-order valence-corrected chi connectivity index (χ2v) is 7.29. The normalized spacial score (nSPS) is 10.9. The van der Waals surface area contributed by atoms with Crippen molar-refractivity contribution in [2.45, 2.75) is 26.8 Å².